The molecular formula is C40H46N8O2. The molecule has 1 aliphatic heterocycles. The van der Waals surface area contributed by atoms with E-state index in [4.69, 9.17) is 5.10 Å². The van der Waals surface area contributed by atoms with Gasteiger partial charge in [-0.25, -0.2) is 19.4 Å². The fourth-order valence-electron chi connectivity index (χ4n) is 6.24. The molecule has 3 amide bonds. The van der Waals surface area contributed by atoms with E-state index in [0.29, 0.717) is 36.3 Å². The number of nitrogens with one attached hydrogen (secondary N) is 3. The minimum Gasteiger partial charge on any atom is -0.339 e. The number of anilines is 4. The lowest BCUT2D eigenvalue weighted by Gasteiger charge is -2.32. The summed E-state index contributed by atoms with van der Waals surface area (Å²) in [6, 6.07) is 27.1. The monoisotopic (exact) mass is 670 g/mol. The second-order valence-electron chi connectivity index (χ2n) is 14.3. The summed E-state index contributed by atoms with van der Waals surface area (Å²) in [4.78, 5) is 37.3. The summed E-state index contributed by atoms with van der Waals surface area (Å²) in [5.41, 5.74) is 7.93. The van der Waals surface area contributed by atoms with Crippen molar-refractivity contribution in [3.8, 4) is 5.69 Å². The van der Waals surface area contributed by atoms with E-state index in [9.17, 15) is 9.59 Å². The largest absolute Gasteiger partial charge is 0.339 e. The van der Waals surface area contributed by atoms with Gasteiger partial charge in [0, 0.05) is 52.9 Å². The Hall–Kier alpha value is -5.51. The molecule has 258 valence electrons. The Balaban J connectivity index is 1.02. The topological polar surface area (TPSA) is 117 Å². The summed E-state index contributed by atoms with van der Waals surface area (Å²) in [6.45, 7) is 13.7. The molecule has 50 heavy (non-hydrogen) atoms. The molecular weight excluding hydrogens is 624 g/mol. The van der Waals surface area contributed by atoms with Crippen molar-refractivity contribution >= 4 is 35.1 Å². The number of nitrogens with zero attached hydrogens (tertiary/aromatic N) is 5. The standard InChI is InChI=1S/C40H46N8O2/c1-26-10-16-34(17-11-26)48-36(25-35(46-48)40(4,5)6)45-39(50)44-33-9-7-8-30(24-33)23-29-18-20-47(21-19-29)37(49)31-12-14-32(15-13-31)43-38-41-27(2)22-28(3)42-38/h7-17,22,24-25,29H,18-21,23H2,1-6H3,(H,41,42,43)(H2,44,45,50). The quantitative estimate of drug-likeness (QED) is 0.153. The fourth-order valence-corrected chi connectivity index (χ4v) is 6.24. The van der Waals surface area contributed by atoms with Crippen molar-refractivity contribution in [1.82, 2.24) is 24.6 Å². The number of carbonyl (C=O) groups is 2. The van der Waals surface area contributed by atoms with Gasteiger partial charge in [-0.05, 0) is 106 Å². The average Bonchev–Trinajstić information content (AvgIpc) is 3.49. The third-order valence-corrected chi connectivity index (χ3v) is 8.98. The molecule has 0 radical (unpaired) electrons. The second-order valence-corrected chi connectivity index (χ2v) is 14.3. The molecule has 0 spiro atoms. The van der Waals surface area contributed by atoms with Crippen molar-refractivity contribution in [3.05, 3.63) is 119 Å². The molecule has 3 heterocycles. The number of aryl methyl sites for hydroxylation is 3. The Morgan fingerprint density at radius 1 is 0.800 bits per heavy atom. The summed E-state index contributed by atoms with van der Waals surface area (Å²) in [7, 11) is 0. The normalized spacial score (nSPS) is 13.6. The lowest BCUT2D eigenvalue weighted by molar-refractivity contribution is 0.0690. The zero-order valence-electron chi connectivity index (χ0n) is 29.7. The first kappa shape index (κ1) is 34.4. The van der Waals surface area contributed by atoms with E-state index in [-0.39, 0.29) is 17.4 Å². The molecule has 1 fully saturated rings. The van der Waals surface area contributed by atoms with Crippen LogP contribution in [-0.2, 0) is 11.8 Å². The molecule has 0 aliphatic carbocycles. The van der Waals surface area contributed by atoms with Crippen LogP contribution < -0.4 is 16.0 Å². The lowest BCUT2D eigenvalue weighted by atomic mass is 9.90. The summed E-state index contributed by atoms with van der Waals surface area (Å²) in [5, 5.41) is 14.1. The van der Waals surface area contributed by atoms with Crippen molar-refractivity contribution < 1.29 is 9.59 Å². The molecule has 0 saturated carbocycles. The first-order valence-corrected chi connectivity index (χ1v) is 17.2. The molecule has 1 saturated heterocycles. The zero-order chi connectivity index (χ0) is 35.4. The number of benzene rings is 3. The molecule has 6 rings (SSSR count). The van der Waals surface area contributed by atoms with Crippen molar-refractivity contribution in [2.75, 3.05) is 29.0 Å². The van der Waals surface area contributed by atoms with Gasteiger partial charge in [0.2, 0.25) is 5.95 Å². The first-order valence-electron chi connectivity index (χ1n) is 17.2. The van der Waals surface area contributed by atoms with Gasteiger partial charge in [-0.2, -0.15) is 5.10 Å². The Morgan fingerprint density at radius 3 is 2.14 bits per heavy atom. The number of urea groups is 1. The highest BCUT2D eigenvalue weighted by Gasteiger charge is 2.25. The first-order chi connectivity index (χ1) is 23.9. The van der Waals surface area contributed by atoms with E-state index >= 15 is 0 Å². The number of piperidine rings is 1. The van der Waals surface area contributed by atoms with Gasteiger partial charge >= 0.3 is 6.03 Å². The highest BCUT2D eigenvalue weighted by Crippen LogP contribution is 2.28. The van der Waals surface area contributed by atoms with Gasteiger partial charge < -0.3 is 15.5 Å². The minimum absolute atomic E-state index is 0.0493. The lowest BCUT2D eigenvalue weighted by Crippen LogP contribution is -2.38. The molecule has 10 heteroatoms. The van der Waals surface area contributed by atoms with Gasteiger partial charge in [-0.15, -0.1) is 0 Å². The van der Waals surface area contributed by atoms with E-state index < -0.39 is 0 Å². The number of likely N-dealkylation sites (tertiary alicyclic amines) is 1. The van der Waals surface area contributed by atoms with E-state index in [1.165, 1.54) is 0 Å². The van der Waals surface area contributed by atoms with Crippen LogP contribution in [0, 0.1) is 26.7 Å². The molecule has 0 bridgehead atoms. The molecule has 2 aromatic heterocycles. The second kappa shape index (κ2) is 14.5. The van der Waals surface area contributed by atoms with Gasteiger partial charge in [-0.3, -0.25) is 10.1 Å². The van der Waals surface area contributed by atoms with Crippen LogP contribution in [0.4, 0.5) is 27.9 Å². The third-order valence-electron chi connectivity index (χ3n) is 8.98. The predicted octanol–water partition coefficient (Wildman–Crippen LogP) is 8.37. The summed E-state index contributed by atoms with van der Waals surface area (Å²) < 4.78 is 1.78. The molecule has 0 unspecified atom stereocenters. The molecule has 3 N–H and O–H groups in total. The van der Waals surface area contributed by atoms with E-state index in [0.717, 1.165) is 64.5 Å². The number of hydrogen-bond donors (Lipinski definition) is 3. The molecule has 10 nitrogen and oxygen atoms in total. The molecule has 3 aromatic carbocycles. The van der Waals surface area contributed by atoms with Crippen LogP contribution in [0.1, 0.15) is 72.2 Å². The number of carbonyl (C=O) groups excluding carboxylic acids is 2. The number of amides is 3. The number of rotatable bonds is 8. The van der Waals surface area contributed by atoms with Crippen LogP contribution in [0.15, 0.2) is 84.9 Å². The smallest absolute Gasteiger partial charge is 0.324 e. The number of hydrogen-bond acceptors (Lipinski definition) is 6. The van der Waals surface area contributed by atoms with Crippen molar-refractivity contribution in [2.24, 2.45) is 5.92 Å². The van der Waals surface area contributed by atoms with Gasteiger partial charge in [0.15, 0.2) is 0 Å². The van der Waals surface area contributed by atoms with Crippen LogP contribution in [0.25, 0.3) is 5.69 Å². The van der Waals surface area contributed by atoms with Gasteiger partial charge in [0.25, 0.3) is 5.91 Å². The zero-order valence-corrected chi connectivity index (χ0v) is 29.7. The molecule has 0 atom stereocenters. The highest BCUT2D eigenvalue weighted by atomic mass is 16.2. The Bertz CT molecular complexity index is 1950. The fraction of sp³-hybridized carbons (Fsp3) is 0.325. The molecule has 5 aromatic rings. The van der Waals surface area contributed by atoms with Crippen LogP contribution in [-0.4, -0.2) is 49.7 Å². The van der Waals surface area contributed by atoms with Crippen LogP contribution in [0.2, 0.25) is 0 Å². The van der Waals surface area contributed by atoms with Gasteiger partial charge in [-0.1, -0.05) is 50.6 Å². The van der Waals surface area contributed by atoms with Crippen LogP contribution in [0.3, 0.4) is 0 Å². The molecule has 1 aliphatic rings. The Labute approximate surface area is 294 Å². The maximum Gasteiger partial charge on any atom is 0.324 e. The Kier molecular flexibility index (Phi) is 9.99. The maximum atomic E-state index is 13.3. The van der Waals surface area contributed by atoms with Crippen molar-refractivity contribution in [1.29, 1.82) is 0 Å². The summed E-state index contributed by atoms with van der Waals surface area (Å²) in [5.74, 6) is 1.65. The average molecular weight is 671 g/mol. The van der Waals surface area contributed by atoms with E-state index in [2.05, 4.69) is 52.8 Å². The van der Waals surface area contributed by atoms with Crippen LogP contribution >= 0.6 is 0 Å². The van der Waals surface area contributed by atoms with Gasteiger partial charge in [0.05, 0.1) is 11.4 Å². The van der Waals surface area contributed by atoms with Gasteiger partial charge in [0.1, 0.15) is 5.82 Å². The summed E-state index contributed by atoms with van der Waals surface area (Å²) >= 11 is 0. The minimum atomic E-state index is -0.329. The number of aromatic nitrogens is 4. The Morgan fingerprint density at radius 2 is 1.48 bits per heavy atom. The third kappa shape index (κ3) is 8.55. The van der Waals surface area contributed by atoms with Crippen LogP contribution in [0.5, 0.6) is 0 Å². The highest BCUT2D eigenvalue weighted by molar-refractivity contribution is 5.99. The maximum absolute atomic E-state index is 13.3. The van der Waals surface area contributed by atoms with E-state index in [1.54, 1.807) is 4.68 Å². The van der Waals surface area contributed by atoms with Crippen molar-refractivity contribution in [2.45, 2.75) is 66.2 Å². The van der Waals surface area contributed by atoms with Crippen molar-refractivity contribution in [3.63, 3.8) is 0 Å². The summed E-state index contributed by atoms with van der Waals surface area (Å²) in [6.07, 6.45) is 2.73. The van der Waals surface area contributed by atoms with E-state index in [1.807, 2.05) is 105 Å². The SMILES string of the molecule is Cc1ccc(-n2nc(C(C)(C)C)cc2NC(=O)Nc2cccc(CC3CCN(C(=O)c4ccc(Nc5nc(C)cc(C)n5)cc4)CC3)c2)cc1. The predicted molar refractivity (Wildman–Crippen MR) is 200 cm³/mol.